The Labute approximate surface area is 148 Å². The third-order valence-electron chi connectivity index (χ3n) is 1.58. The van der Waals surface area contributed by atoms with Crippen LogP contribution in [0.1, 0.15) is 0 Å². The summed E-state index contributed by atoms with van der Waals surface area (Å²) in [5, 5.41) is 18.6. The van der Waals surface area contributed by atoms with Crippen molar-refractivity contribution in [2.75, 3.05) is 0 Å². The Kier molecular flexibility index (Phi) is 9.90. The topological polar surface area (TPSA) is 124 Å². The van der Waals surface area contributed by atoms with E-state index >= 15 is 0 Å². The van der Waals surface area contributed by atoms with Crippen molar-refractivity contribution in [2.24, 2.45) is 5.34 Å². The number of hydroxylamine groups is 1. The number of hydrogen-bond donors (Lipinski definition) is 3. The fourth-order valence-electron chi connectivity index (χ4n) is 0.956. The molecular formula is C6H5MoN5O5S4. The SMILES string of the molecule is O=NON(C(=S)[S-])N(C(=S)[S-])C(O)=C1NC=CN1.[O]=[Mo+2]=[O]. The van der Waals surface area contributed by atoms with Crippen LogP contribution in [0, 0.1) is 4.91 Å². The van der Waals surface area contributed by atoms with Crippen LogP contribution < -0.4 is 10.6 Å². The Balaban J connectivity index is 0.00000122. The van der Waals surface area contributed by atoms with Crippen LogP contribution in [0.3, 0.4) is 0 Å². The molecule has 0 unspecified atom stereocenters. The van der Waals surface area contributed by atoms with Gasteiger partial charge in [0.15, 0.2) is 11.2 Å². The van der Waals surface area contributed by atoms with Gasteiger partial charge in [0.1, 0.15) is 0 Å². The van der Waals surface area contributed by atoms with Gasteiger partial charge >= 0.3 is 25.3 Å². The predicted molar refractivity (Wildman–Crippen MR) is 76.9 cm³/mol. The van der Waals surface area contributed by atoms with E-state index < -0.39 is 24.4 Å². The third-order valence-corrected chi connectivity index (χ3v) is 2.24. The first-order valence-electron chi connectivity index (χ1n) is 4.45. The van der Waals surface area contributed by atoms with Crippen LogP contribution in [0.15, 0.2) is 29.4 Å². The Bertz CT molecular complexity index is 512. The summed E-state index contributed by atoms with van der Waals surface area (Å²) in [5.41, 5.74) is 0. The third kappa shape index (κ3) is 6.39. The average Bonchev–Trinajstić information content (AvgIpc) is 2.92. The van der Waals surface area contributed by atoms with Gasteiger partial charge in [-0.3, -0.25) is 0 Å². The fourth-order valence-corrected chi connectivity index (χ4v) is 1.51. The molecule has 0 bridgehead atoms. The minimum absolute atomic E-state index is 0.146. The first-order valence-corrected chi connectivity index (χ1v) is 7.72. The van der Waals surface area contributed by atoms with E-state index in [2.05, 4.69) is 45.8 Å². The van der Waals surface area contributed by atoms with Gasteiger partial charge in [0.2, 0.25) is 0 Å². The first kappa shape index (κ1) is 19.8. The van der Waals surface area contributed by atoms with E-state index in [1.165, 1.54) is 12.4 Å². The van der Waals surface area contributed by atoms with Crippen LogP contribution in [0.2, 0.25) is 0 Å². The van der Waals surface area contributed by atoms with E-state index in [0.717, 1.165) is 5.01 Å². The Morgan fingerprint density at radius 1 is 1.29 bits per heavy atom. The molecule has 15 heteroatoms. The van der Waals surface area contributed by atoms with E-state index in [-0.39, 0.29) is 14.5 Å². The maximum absolute atomic E-state index is 10.1. The van der Waals surface area contributed by atoms with Crippen molar-refractivity contribution >= 4 is 58.3 Å². The molecule has 21 heavy (non-hydrogen) atoms. The van der Waals surface area contributed by atoms with Crippen molar-refractivity contribution in [3.8, 4) is 0 Å². The van der Waals surface area contributed by atoms with Crippen LogP contribution in [0.25, 0.3) is 0 Å². The Morgan fingerprint density at radius 2 is 1.76 bits per heavy atom. The molecule has 1 aliphatic rings. The molecule has 0 aromatic carbocycles. The Morgan fingerprint density at radius 3 is 2.10 bits per heavy atom. The number of aliphatic hydroxyl groups excluding tert-OH is 1. The summed E-state index contributed by atoms with van der Waals surface area (Å²) in [6.45, 7) is 0. The number of nitrogens with zero attached hydrogens (tertiary/aromatic N) is 3. The molecule has 0 radical (unpaired) electrons. The second-order valence-electron chi connectivity index (χ2n) is 2.66. The van der Waals surface area contributed by atoms with Gasteiger partial charge in [-0.15, -0.1) is 4.91 Å². The number of hydrazine groups is 1. The molecular weight excluding hydrogens is 446 g/mol. The fraction of sp³-hybridized carbons (Fsp3) is 0. The van der Waals surface area contributed by atoms with Gasteiger partial charge in [-0.2, -0.15) is 0 Å². The van der Waals surface area contributed by atoms with E-state index in [9.17, 15) is 10.0 Å². The molecule has 3 N–H and O–H groups in total. The van der Waals surface area contributed by atoms with Crippen molar-refractivity contribution in [1.82, 2.24) is 20.8 Å². The van der Waals surface area contributed by atoms with Crippen LogP contribution in [-0.2, 0) is 55.5 Å². The summed E-state index contributed by atoms with van der Waals surface area (Å²) in [5.74, 6) is -0.344. The predicted octanol–water partition coefficient (Wildman–Crippen LogP) is -0.109. The van der Waals surface area contributed by atoms with Gasteiger partial charge in [-0.05, 0) is 4.32 Å². The van der Waals surface area contributed by atoms with Gasteiger partial charge in [-0.25, -0.2) is 9.95 Å². The summed E-state index contributed by atoms with van der Waals surface area (Å²) in [7, 11) is 0. The molecule has 0 fully saturated rings. The zero-order chi connectivity index (χ0) is 16.4. The molecule has 0 saturated carbocycles. The zero-order valence-corrected chi connectivity index (χ0v) is 14.9. The molecule has 114 valence electrons. The average molecular weight is 451 g/mol. The molecule has 0 aliphatic carbocycles. The van der Waals surface area contributed by atoms with Gasteiger partial charge in [0.05, 0.1) is 0 Å². The quantitative estimate of drug-likeness (QED) is 0.132. The minimum atomic E-state index is -2.03. The monoisotopic (exact) mass is 453 g/mol. The number of nitrogens with one attached hydrogen (secondary N) is 2. The van der Waals surface area contributed by atoms with Crippen LogP contribution >= 0.6 is 24.4 Å². The van der Waals surface area contributed by atoms with Gasteiger partial charge in [-0.1, -0.05) is 5.17 Å². The molecule has 0 spiro atoms. The van der Waals surface area contributed by atoms with Crippen molar-refractivity contribution in [3.63, 3.8) is 0 Å². The second-order valence-corrected chi connectivity index (χ2v) is 5.06. The van der Waals surface area contributed by atoms with Crippen molar-refractivity contribution in [2.45, 2.75) is 0 Å². The molecule has 0 aromatic rings. The van der Waals surface area contributed by atoms with E-state index in [1.54, 1.807) is 0 Å². The molecule has 0 atom stereocenters. The second kappa shape index (κ2) is 10.5. The van der Waals surface area contributed by atoms with Crippen molar-refractivity contribution in [1.29, 1.82) is 0 Å². The molecule has 0 saturated heterocycles. The van der Waals surface area contributed by atoms with Crippen LogP contribution in [0.4, 0.5) is 0 Å². The molecule has 0 amide bonds. The number of thiocarbonyl (C=S) groups is 2. The Hall–Kier alpha value is -1.21. The number of rotatable bonds is 3. The summed E-state index contributed by atoms with van der Waals surface area (Å²) in [6, 6.07) is 0. The van der Waals surface area contributed by atoms with Gasteiger partial charge in [0, 0.05) is 16.7 Å². The van der Waals surface area contributed by atoms with E-state index in [4.69, 9.17) is 31.6 Å². The van der Waals surface area contributed by atoms with Gasteiger partial charge < -0.3 is 65.4 Å². The van der Waals surface area contributed by atoms with Crippen LogP contribution in [-0.4, -0.2) is 23.9 Å². The molecule has 1 heterocycles. The standard InChI is InChI=1S/C6H7N5O3S4.Mo.2O/c12-4(3-7-1-2-8-3)10(5(15)16)11(6(17)18)14-9-13;;;/h1-2,7-8,12H,(H,15,16)(H,17,18);;;/q;+2;;/p-2. The number of hydrogen-bond acceptors (Lipinski definition) is 12. The molecule has 1 aliphatic heterocycles. The first-order chi connectivity index (χ1) is 9.90. The van der Waals surface area contributed by atoms with Crippen molar-refractivity contribution < 1.29 is 35.3 Å². The van der Waals surface area contributed by atoms with Crippen LogP contribution in [0.5, 0.6) is 0 Å². The molecule has 1 rings (SSSR count). The molecule has 10 nitrogen and oxygen atoms in total. The summed E-state index contributed by atoms with van der Waals surface area (Å²) >= 11 is 16.7. The summed E-state index contributed by atoms with van der Waals surface area (Å²) in [4.78, 5) is 14.4. The zero-order valence-electron chi connectivity index (χ0n) is 9.62. The van der Waals surface area contributed by atoms with E-state index in [0.29, 0.717) is 5.17 Å². The van der Waals surface area contributed by atoms with Gasteiger partial charge in [0.25, 0.3) is 5.88 Å². The summed E-state index contributed by atoms with van der Waals surface area (Å²) in [6.07, 6.45) is 3.01. The van der Waals surface area contributed by atoms with E-state index in [1.807, 2.05) is 0 Å². The van der Waals surface area contributed by atoms with Crippen molar-refractivity contribution in [3.05, 3.63) is 29.0 Å². The molecule has 0 aromatic heterocycles. The maximum atomic E-state index is 10.1. The normalized spacial score (nSPS) is 10.8. The summed E-state index contributed by atoms with van der Waals surface area (Å²) < 4.78 is 16.4. The number of aliphatic hydroxyl groups is 1.